The molecule has 0 saturated carbocycles. The number of hydrogen-bond acceptors (Lipinski definition) is 3. The average molecular weight is 394 g/mol. The maximum Gasteiger partial charge on any atom is 0.453 e. The third-order valence-corrected chi connectivity index (χ3v) is 6.07. The highest BCUT2D eigenvalue weighted by molar-refractivity contribution is 7.93. The molecule has 0 spiro atoms. The molecule has 0 saturated heterocycles. The van der Waals surface area contributed by atoms with Crippen LogP contribution in [0.25, 0.3) is 0 Å². The Kier molecular flexibility index (Phi) is 6.67. The van der Waals surface area contributed by atoms with E-state index >= 15 is 0 Å². The molecule has 0 rings (SSSR count). The first-order valence-electron chi connectivity index (χ1n) is 6.39. The fraction of sp³-hybridized carbons (Fsp3) is 0.909. The van der Waals surface area contributed by atoms with Gasteiger partial charge in [-0.05, 0) is 12.8 Å². The van der Waals surface area contributed by atoms with Gasteiger partial charge in [0.2, 0.25) is 0 Å². The van der Waals surface area contributed by atoms with Crippen LogP contribution in [0.2, 0.25) is 0 Å². The molecule has 0 aliphatic rings. The Labute approximate surface area is 131 Å². The molecule has 0 amide bonds. The zero-order valence-electron chi connectivity index (χ0n) is 12.1. The zero-order chi connectivity index (χ0) is 19.6. The van der Waals surface area contributed by atoms with Gasteiger partial charge in [0, 0.05) is 6.42 Å². The van der Waals surface area contributed by atoms with Gasteiger partial charge < -0.3 is 5.11 Å². The number of sulfone groups is 1. The Morgan fingerprint density at radius 1 is 0.917 bits per heavy atom. The highest BCUT2D eigenvalue weighted by Gasteiger charge is 2.60. The first kappa shape index (κ1) is 22.9. The van der Waals surface area contributed by atoms with Crippen molar-refractivity contribution in [1.82, 2.24) is 0 Å². The second-order valence-electron chi connectivity index (χ2n) is 5.04. The number of halogens is 8. The van der Waals surface area contributed by atoms with E-state index in [1.807, 2.05) is 0 Å². The molecule has 0 aliphatic heterocycles. The van der Waals surface area contributed by atoms with Crippen molar-refractivity contribution >= 4 is 15.8 Å². The van der Waals surface area contributed by atoms with Crippen LogP contribution in [0.1, 0.15) is 32.6 Å². The molecule has 24 heavy (non-hydrogen) atoms. The Morgan fingerprint density at radius 2 is 1.38 bits per heavy atom. The van der Waals surface area contributed by atoms with Crippen molar-refractivity contribution < 1.29 is 53.4 Å². The third kappa shape index (κ3) is 5.18. The largest absolute Gasteiger partial charge is 0.480 e. The van der Waals surface area contributed by atoms with Gasteiger partial charge in [-0.25, -0.2) is 8.42 Å². The molecule has 0 radical (unpaired) electrons. The Balaban J connectivity index is 5.64. The van der Waals surface area contributed by atoms with E-state index in [0.29, 0.717) is 0 Å². The molecule has 4 nitrogen and oxygen atoms in total. The Morgan fingerprint density at radius 3 is 1.67 bits per heavy atom. The van der Waals surface area contributed by atoms with Gasteiger partial charge in [0.25, 0.3) is 0 Å². The van der Waals surface area contributed by atoms with E-state index in [2.05, 4.69) is 0 Å². The predicted molar refractivity (Wildman–Crippen MR) is 65.4 cm³/mol. The molecule has 1 atom stereocenters. The fourth-order valence-corrected chi connectivity index (χ4v) is 3.90. The van der Waals surface area contributed by atoms with Crippen LogP contribution in [0, 0.1) is 0 Å². The molecule has 0 aliphatic carbocycles. The van der Waals surface area contributed by atoms with Crippen LogP contribution in [0.5, 0.6) is 0 Å². The van der Waals surface area contributed by atoms with Crippen molar-refractivity contribution in [1.29, 1.82) is 0 Å². The highest BCUT2D eigenvalue weighted by Crippen LogP contribution is 2.42. The van der Waals surface area contributed by atoms with Crippen molar-refractivity contribution in [2.75, 3.05) is 5.75 Å². The molecule has 0 heterocycles. The number of aliphatic carboxylic acids is 1. The number of carboxylic acids is 1. The molecule has 144 valence electrons. The minimum atomic E-state index is -6.04. The number of carbonyl (C=O) groups is 1. The van der Waals surface area contributed by atoms with Crippen molar-refractivity contribution in [3.63, 3.8) is 0 Å². The van der Waals surface area contributed by atoms with Gasteiger partial charge in [0.15, 0.2) is 14.6 Å². The Bertz CT molecular complexity index is 551. The minimum Gasteiger partial charge on any atom is -0.480 e. The SMILES string of the molecule is CCC(CCC(F)(F)C(F)(F)F)(C(=O)O)S(=O)(=O)CCC(F)(F)F. The number of carboxylic acid groups (broad SMARTS) is 1. The second-order valence-corrected chi connectivity index (χ2v) is 7.46. The first-order chi connectivity index (χ1) is 10.4. The second kappa shape index (κ2) is 7.00. The summed E-state index contributed by atoms with van der Waals surface area (Å²) in [6.07, 6.45) is -17.8. The van der Waals surface area contributed by atoms with E-state index in [4.69, 9.17) is 5.11 Å². The fourth-order valence-electron chi connectivity index (χ4n) is 1.89. The zero-order valence-corrected chi connectivity index (χ0v) is 13.0. The van der Waals surface area contributed by atoms with Crippen LogP contribution < -0.4 is 0 Å². The summed E-state index contributed by atoms with van der Waals surface area (Å²) in [5.74, 6) is -9.37. The lowest BCUT2D eigenvalue weighted by atomic mass is 9.96. The molecule has 13 heteroatoms. The summed E-state index contributed by atoms with van der Waals surface area (Å²) in [5.41, 5.74) is 0. The Hall–Kier alpha value is -1.14. The van der Waals surface area contributed by atoms with Crippen LogP contribution in [0.15, 0.2) is 0 Å². The molecular formula is C11H14F8O4S. The maximum absolute atomic E-state index is 12.9. The highest BCUT2D eigenvalue weighted by atomic mass is 32.2. The van der Waals surface area contributed by atoms with Crippen molar-refractivity contribution in [3.8, 4) is 0 Å². The monoisotopic (exact) mass is 394 g/mol. The van der Waals surface area contributed by atoms with E-state index in [-0.39, 0.29) is 0 Å². The van der Waals surface area contributed by atoms with Crippen LogP contribution >= 0.6 is 0 Å². The van der Waals surface area contributed by atoms with Gasteiger partial charge in [0.1, 0.15) is 0 Å². The number of hydrogen-bond donors (Lipinski definition) is 1. The van der Waals surface area contributed by atoms with Gasteiger partial charge in [-0.3, -0.25) is 4.79 Å². The van der Waals surface area contributed by atoms with Crippen LogP contribution in [-0.2, 0) is 14.6 Å². The summed E-state index contributed by atoms with van der Waals surface area (Å²) in [5, 5.41) is 9.00. The summed E-state index contributed by atoms with van der Waals surface area (Å²) in [6.45, 7) is 0.866. The van der Waals surface area contributed by atoms with Crippen LogP contribution in [0.4, 0.5) is 35.1 Å². The van der Waals surface area contributed by atoms with Crippen molar-refractivity contribution in [2.45, 2.75) is 55.6 Å². The standard InChI is InChI=1S/C11H14F8O4S/c1-2-8(7(20)21,3-4-9(12,13)11(17,18)19)24(22,23)6-5-10(14,15)16/h2-6H2,1H3,(H,20,21). The van der Waals surface area contributed by atoms with Gasteiger partial charge >= 0.3 is 24.2 Å². The lowest BCUT2D eigenvalue weighted by Crippen LogP contribution is -2.49. The number of rotatable bonds is 8. The van der Waals surface area contributed by atoms with E-state index in [1.165, 1.54) is 0 Å². The normalized spacial score (nSPS) is 16.7. The smallest absolute Gasteiger partial charge is 0.453 e. The molecule has 1 N–H and O–H groups in total. The lowest BCUT2D eigenvalue weighted by molar-refractivity contribution is -0.285. The predicted octanol–water partition coefficient (Wildman–Crippen LogP) is 3.56. The van der Waals surface area contributed by atoms with Crippen molar-refractivity contribution in [2.24, 2.45) is 0 Å². The van der Waals surface area contributed by atoms with E-state index < -0.39 is 70.3 Å². The summed E-state index contributed by atoms with van der Waals surface area (Å²) in [6, 6.07) is 0. The van der Waals surface area contributed by atoms with Crippen LogP contribution in [0.3, 0.4) is 0 Å². The molecule has 0 bridgehead atoms. The third-order valence-electron chi connectivity index (χ3n) is 3.47. The van der Waals surface area contributed by atoms with Gasteiger partial charge in [0.05, 0.1) is 12.2 Å². The average Bonchev–Trinajstić information content (AvgIpc) is 2.34. The van der Waals surface area contributed by atoms with E-state index in [0.717, 1.165) is 6.92 Å². The van der Waals surface area contributed by atoms with E-state index in [1.54, 1.807) is 0 Å². The first-order valence-corrected chi connectivity index (χ1v) is 8.04. The summed E-state index contributed by atoms with van der Waals surface area (Å²) >= 11 is 0. The quantitative estimate of drug-likeness (QED) is 0.639. The molecule has 0 aromatic rings. The topological polar surface area (TPSA) is 71.4 Å². The molecule has 1 unspecified atom stereocenters. The minimum absolute atomic E-state index is 0.866. The number of alkyl halides is 8. The molecule has 0 fully saturated rings. The van der Waals surface area contributed by atoms with Crippen LogP contribution in [-0.4, -0.2) is 48.3 Å². The van der Waals surface area contributed by atoms with Gasteiger partial charge in [-0.1, -0.05) is 6.92 Å². The maximum atomic E-state index is 12.9. The van der Waals surface area contributed by atoms with Gasteiger partial charge in [-0.2, -0.15) is 35.1 Å². The van der Waals surface area contributed by atoms with Gasteiger partial charge in [-0.15, -0.1) is 0 Å². The summed E-state index contributed by atoms with van der Waals surface area (Å²) in [4.78, 5) is 11.2. The molecular weight excluding hydrogens is 380 g/mol. The molecule has 0 aromatic heterocycles. The summed E-state index contributed by atoms with van der Waals surface area (Å²) in [7, 11) is -5.15. The van der Waals surface area contributed by atoms with E-state index in [9.17, 15) is 48.3 Å². The molecule has 0 aromatic carbocycles. The lowest BCUT2D eigenvalue weighted by Gasteiger charge is -2.30. The van der Waals surface area contributed by atoms with Crippen molar-refractivity contribution in [3.05, 3.63) is 0 Å². The summed E-state index contributed by atoms with van der Waals surface area (Å²) < 4.78 is 119.